The standard InChI is InChI=1S/C19H18N4O3/c1-12-3-8-18(25)17(9-12)21-11-14(10-20)19(26)23-16-6-4-15(5-7-16)22-13(2)24/h3-9,11,21,25H,1-2H3,(H,22,24)(H,23,26)/b14-11-. The highest BCUT2D eigenvalue weighted by Gasteiger charge is 2.10. The second kappa shape index (κ2) is 8.35. The highest BCUT2D eigenvalue weighted by Crippen LogP contribution is 2.24. The first kappa shape index (κ1) is 18.5. The van der Waals surface area contributed by atoms with E-state index in [1.807, 2.05) is 13.0 Å². The normalized spacial score (nSPS) is 10.6. The summed E-state index contributed by atoms with van der Waals surface area (Å²) in [6.45, 7) is 3.26. The lowest BCUT2D eigenvalue weighted by atomic mass is 10.2. The van der Waals surface area contributed by atoms with Crippen molar-refractivity contribution in [3.8, 4) is 11.8 Å². The summed E-state index contributed by atoms with van der Waals surface area (Å²) in [6.07, 6.45) is 1.23. The Morgan fingerprint density at radius 1 is 1.08 bits per heavy atom. The maximum atomic E-state index is 12.2. The predicted molar refractivity (Wildman–Crippen MR) is 99.5 cm³/mol. The van der Waals surface area contributed by atoms with Gasteiger partial charge in [-0.05, 0) is 48.9 Å². The Labute approximate surface area is 151 Å². The van der Waals surface area contributed by atoms with E-state index in [0.717, 1.165) is 5.56 Å². The molecule has 0 saturated heterocycles. The van der Waals surface area contributed by atoms with Crippen LogP contribution in [0, 0.1) is 18.3 Å². The Hall–Kier alpha value is -3.79. The first-order chi connectivity index (χ1) is 12.4. The molecule has 0 radical (unpaired) electrons. The number of carbonyl (C=O) groups is 2. The zero-order valence-corrected chi connectivity index (χ0v) is 14.3. The number of nitriles is 1. The maximum absolute atomic E-state index is 12.2. The Morgan fingerprint density at radius 2 is 1.69 bits per heavy atom. The van der Waals surface area contributed by atoms with E-state index in [0.29, 0.717) is 17.1 Å². The molecular formula is C19H18N4O3. The lowest BCUT2D eigenvalue weighted by molar-refractivity contribution is -0.114. The summed E-state index contributed by atoms with van der Waals surface area (Å²) in [6, 6.07) is 13.3. The zero-order valence-electron chi connectivity index (χ0n) is 14.3. The molecule has 0 aromatic heterocycles. The quantitative estimate of drug-likeness (QED) is 0.376. The summed E-state index contributed by atoms with van der Waals surface area (Å²) in [5.41, 5.74) is 2.23. The molecular weight excluding hydrogens is 332 g/mol. The van der Waals surface area contributed by atoms with E-state index in [1.165, 1.54) is 19.2 Å². The third-order valence-corrected chi connectivity index (χ3v) is 3.35. The summed E-state index contributed by atoms with van der Waals surface area (Å²) in [4.78, 5) is 23.2. The van der Waals surface area contributed by atoms with Gasteiger partial charge in [-0.25, -0.2) is 0 Å². The summed E-state index contributed by atoms with van der Waals surface area (Å²) in [7, 11) is 0. The summed E-state index contributed by atoms with van der Waals surface area (Å²) < 4.78 is 0. The van der Waals surface area contributed by atoms with Gasteiger partial charge >= 0.3 is 0 Å². The molecule has 0 spiro atoms. The van der Waals surface area contributed by atoms with Crippen molar-refractivity contribution in [1.29, 1.82) is 5.26 Å². The predicted octanol–water partition coefficient (Wildman–Crippen LogP) is 3.12. The fourth-order valence-corrected chi connectivity index (χ4v) is 2.10. The molecule has 7 nitrogen and oxygen atoms in total. The van der Waals surface area contributed by atoms with E-state index in [9.17, 15) is 20.0 Å². The highest BCUT2D eigenvalue weighted by atomic mass is 16.3. The van der Waals surface area contributed by atoms with Gasteiger partial charge in [0.15, 0.2) is 0 Å². The third-order valence-electron chi connectivity index (χ3n) is 3.35. The molecule has 2 amide bonds. The van der Waals surface area contributed by atoms with Gasteiger partial charge in [0.05, 0.1) is 5.69 Å². The van der Waals surface area contributed by atoms with Gasteiger partial charge in [0, 0.05) is 24.5 Å². The van der Waals surface area contributed by atoms with Crippen LogP contribution in [0.3, 0.4) is 0 Å². The van der Waals surface area contributed by atoms with Crippen LogP contribution in [0.15, 0.2) is 54.2 Å². The van der Waals surface area contributed by atoms with Crippen molar-refractivity contribution in [1.82, 2.24) is 0 Å². The molecule has 0 saturated carbocycles. The average molecular weight is 350 g/mol. The van der Waals surface area contributed by atoms with Gasteiger partial charge in [-0.15, -0.1) is 0 Å². The molecule has 2 aromatic rings. The molecule has 26 heavy (non-hydrogen) atoms. The summed E-state index contributed by atoms with van der Waals surface area (Å²) >= 11 is 0. The Bertz CT molecular complexity index is 896. The van der Waals surface area contributed by atoms with Gasteiger partial charge in [0.25, 0.3) is 5.91 Å². The van der Waals surface area contributed by atoms with Gasteiger partial charge in [0.2, 0.25) is 5.91 Å². The van der Waals surface area contributed by atoms with Crippen LogP contribution in [-0.4, -0.2) is 16.9 Å². The number of aryl methyl sites for hydroxylation is 1. The number of phenols is 1. The van der Waals surface area contributed by atoms with Gasteiger partial charge in [-0.3, -0.25) is 9.59 Å². The molecule has 0 fully saturated rings. The Morgan fingerprint density at radius 3 is 2.27 bits per heavy atom. The van der Waals surface area contributed by atoms with Crippen LogP contribution in [0.2, 0.25) is 0 Å². The molecule has 2 rings (SSSR count). The second-order valence-corrected chi connectivity index (χ2v) is 5.55. The van der Waals surface area contributed by atoms with E-state index in [-0.39, 0.29) is 17.2 Å². The molecule has 0 atom stereocenters. The number of hydrogen-bond donors (Lipinski definition) is 4. The molecule has 0 aliphatic heterocycles. The van der Waals surface area contributed by atoms with Gasteiger partial charge in [-0.1, -0.05) is 6.07 Å². The summed E-state index contributed by atoms with van der Waals surface area (Å²) in [5, 5.41) is 26.9. The lowest BCUT2D eigenvalue weighted by Crippen LogP contribution is -2.14. The molecule has 7 heteroatoms. The second-order valence-electron chi connectivity index (χ2n) is 5.55. The van der Waals surface area contributed by atoms with Crippen molar-refractivity contribution in [2.45, 2.75) is 13.8 Å². The molecule has 132 valence electrons. The number of hydrogen-bond acceptors (Lipinski definition) is 5. The van der Waals surface area contributed by atoms with E-state index in [1.54, 1.807) is 36.4 Å². The van der Waals surface area contributed by atoms with Crippen molar-refractivity contribution in [3.63, 3.8) is 0 Å². The average Bonchev–Trinajstić information content (AvgIpc) is 2.59. The monoisotopic (exact) mass is 350 g/mol. The number of benzene rings is 2. The van der Waals surface area contributed by atoms with Crippen LogP contribution >= 0.6 is 0 Å². The first-order valence-corrected chi connectivity index (χ1v) is 7.74. The smallest absolute Gasteiger partial charge is 0.267 e. The van der Waals surface area contributed by atoms with E-state index < -0.39 is 5.91 Å². The van der Waals surface area contributed by atoms with Crippen molar-refractivity contribution in [2.75, 3.05) is 16.0 Å². The van der Waals surface area contributed by atoms with Gasteiger partial charge in [-0.2, -0.15) is 5.26 Å². The van der Waals surface area contributed by atoms with E-state index in [2.05, 4.69) is 16.0 Å². The fraction of sp³-hybridized carbons (Fsp3) is 0.105. The van der Waals surface area contributed by atoms with Crippen molar-refractivity contribution >= 4 is 28.9 Å². The molecule has 0 heterocycles. The minimum atomic E-state index is -0.598. The molecule has 0 aliphatic rings. The fourth-order valence-electron chi connectivity index (χ4n) is 2.10. The number of phenolic OH excluding ortho intramolecular Hbond substituents is 1. The number of amides is 2. The SMILES string of the molecule is CC(=O)Nc1ccc(NC(=O)/C(C#N)=C\Nc2cc(C)ccc2O)cc1. The van der Waals surface area contributed by atoms with Crippen molar-refractivity contribution < 1.29 is 14.7 Å². The molecule has 2 aromatic carbocycles. The molecule has 0 unspecified atom stereocenters. The number of aromatic hydroxyl groups is 1. The van der Waals surface area contributed by atoms with Gasteiger partial charge in [0.1, 0.15) is 17.4 Å². The number of rotatable bonds is 5. The van der Waals surface area contributed by atoms with Crippen molar-refractivity contribution in [2.24, 2.45) is 0 Å². The van der Waals surface area contributed by atoms with E-state index >= 15 is 0 Å². The number of nitrogens with zero attached hydrogens (tertiary/aromatic N) is 1. The van der Waals surface area contributed by atoms with Crippen LogP contribution in [0.5, 0.6) is 5.75 Å². The largest absolute Gasteiger partial charge is 0.506 e. The van der Waals surface area contributed by atoms with Crippen LogP contribution in [0.4, 0.5) is 17.1 Å². The number of anilines is 3. The minimum absolute atomic E-state index is 0.0121. The molecule has 4 N–H and O–H groups in total. The van der Waals surface area contributed by atoms with Crippen LogP contribution in [0.1, 0.15) is 12.5 Å². The first-order valence-electron chi connectivity index (χ1n) is 7.74. The topological polar surface area (TPSA) is 114 Å². The molecule has 0 aliphatic carbocycles. The summed E-state index contributed by atoms with van der Waals surface area (Å²) in [5.74, 6) is -0.778. The Balaban J connectivity index is 2.07. The third kappa shape index (κ3) is 5.11. The van der Waals surface area contributed by atoms with Gasteiger partial charge < -0.3 is 21.1 Å². The minimum Gasteiger partial charge on any atom is -0.506 e. The lowest BCUT2D eigenvalue weighted by Gasteiger charge is -2.08. The number of carbonyl (C=O) groups excluding carboxylic acids is 2. The maximum Gasteiger partial charge on any atom is 0.267 e. The zero-order chi connectivity index (χ0) is 19.1. The van der Waals surface area contributed by atoms with Crippen LogP contribution < -0.4 is 16.0 Å². The van der Waals surface area contributed by atoms with Crippen molar-refractivity contribution in [3.05, 3.63) is 59.8 Å². The van der Waals surface area contributed by atoms with E-state index in [4.69, 9.17) is 0 Å². The van der Waals surface area contributed by atoms with Crippen LogP contribution in [-0.2, 0) is 9.59 Å². The number of nitrogens with one attached hydrogen (secondary N) is 3. The highest BCUT2D eigenvalue weighted by molar-refractivity contribution is 6.06. The Kier molecular flexibility index (Phi) is 5.96. The molecule has 0 bridgehead atoms. The van der Waals surface area contributed by atoms with Crippen LogP contribution in [0.25, 0.3) is 0 Å².